The van der Waals surface area contributed by atoms with Gasteiger partial charge in [-0.25, -0.2) is 0 Å². The third kappa shape index (κ3) is 3.85. The quantitative estimate of drug-likeness (QED) is 0.734. The summed E-state index contributed by atoms with van der Waals surface area (Å²) in [6.45, 7) is 0.545. The van der Waals surface area contributed by atoms with Crippen molar-refractivity contribution in [2.75, 3.05) is 0 Å². The molecule has 0 aliphatic heterocycles. The highest BCUT2D eigenvalue weighted by Gasteiger charge is 2.18. The van der Waals surface area contributed by atoms with Crippen LogP contribution in [-0.2, 0) is 6.54 Å². The van der Waals surface area contributed by atoms with E-state index in [0.717, 1.165) is 0 Å². The van der Waals surface area contributed by atoms with Gasteiger partial charge in [0, 0.05) is 19.2 Å². The van der Waals surface area contributed by atoms with Crippen LogP contribution in [0.15, 0.2) is 12.4 Å². The second-order valence-corrected chi connectivity index (χ2v) is 5.24. The molecular weight excluding hydrogens is 242 g/mol. The van der Waals surface area contributed by atoms with E-state index in [2.05, 4.69) is 5.10 Å². The molecule has 0 aromatic carbocycles. The van der Waals surface area contributed by atoms with Gasteiger partial charge in [-0.15, -0.1) is 0 Å². The molecule has 0 saturated carbocycles. The van der Waals surface area contributed by atoms with E-state index in [1.54, 1.807) is 17.1 Å². The molecule has 0 unspecified atom stereocenters. The first-order chi connectivity index (χ1) is 5.47. The fourth-order valence-electron chi connectivity index (χ4n) is 0.702. The van der Waals surface area contributed by atoms with Crippen LogP contribution in [0, 0.1) is 0 Å². The minimum Gasteiger partial charge on any atom is -0.271 e. The molecule has 1 aromatic heterocycles. The lowest BCUT2D eigenvalue weighted by Crippen LogP contribution is -2.08. The Labute approximate surface area is 90.3 Å². The van der Waals surface area contributed by atoms with Gasteiger partial charge in [0.25, 0.3) is 0 Å². The Kier molecular flexibility index (Phi) is 3.53. The molecule has 0 spiro atoms. The molecule has 2 nitrogen and oxygen atoms in total. The van der Waals surface area contributed by atoms with Crippen LogP contribution in [-0.4, -0.2) is 13.6 Å². The molecule has 0 radical (unpaired) electrons. The van der Waals surface area contributed by atoms with Crippen molar-refractivity contribution in [2.24, 2.45) is 0 Å². The summed E-state index contributed by atoms with van der Waals surface area (Å²) >= 11 is 22.3. The molecule has 0 N–H and O–H groups in total. The summed E-state index contributed by atoms with van der Waals surface area (Å²) in [6.07, 6.45) is 3.63. The van der Waals surface area contributed by atoms with Crippen molar-refractivity contribution in [3.8, 4) is 0 Å². The van der Waals surface area contributed by atoms with Crippen molar-refractivity contribution < 1.29 is 0 Å². The molecule has 6 heteroatoms. The first-order valence-electron chi connectivity index (χ1n) is 3.22. The van der Waals surface area contributed by atoms with Gasteiger partial charge in [0.15, 0.2) is 3.79 Å². The Morgan fingerprint density at radius 1 is 1.42 bits per heavy atom. The summed E-state index contributed by atoms with van der Waals surface area (Å²) in [5, 5.41) is 4.51. The SMILES string of the molecule is Clc1cnn(CCC(Cl)(Cl)Cl)c1. The zero-order valence-electron chi connectivity index (χ0n) is 5.98. The predicted octanol–water partition coefficient (Wildman–Crippen LogP) is 3.30. The molecule has 1 aromatic rings. The molecule has 0 fully saturated rings. The zero-order chi connectivity index (χ0) is 9.19. The summed E-state index contributed by atoms with van der Waals surface area (Å²) in [5.74, 6) is 0. The number of aryl methyl sites for hydroxylation is 1. The van der Waals surface area contributed by atoms with Gasteiger partial charge in [0.2, 0.25) is 0 Å². The van der Waals surface area contributed by atoms with Gasteiger partial charge in [0.1, 0.15) is 0 Å². The minimum absolute atomic E-state index is 0.412. The summed E-state index contributed by atoms with van der Waals surface area (Å²) in [5.41, 5.74) is 0. The van der Waals surface area contributed by atoms with Crippen molar-refractivity contribution >= 4 is 46.4 Å². The number of halogens is 4. The number of nitrogens with zero attached hydrogens (tertiary/aromatic N) is 2. The number of hydrogen-bond donors (Lipinski definition) is 0. The molecule has 0 saturated heterocycles. The van der Waals surface area contributed by atoms with Crippen LogP contribution >= 0.6 is 46.4 Å². The van der Waals surface area contributed by atoms with Gasteiger partial charge in [-0.3, -0.25) is 4.68 Å². The Morgan fingerprint density at radius 2 is 2.08 bits per heavy atom. The third-order valence-corrected chi connectivity index (χ3v) is 1.99. The average Bonchev–Trinajstić information content (AvgIpc) is 2.30. The first-order valence-corrected chi connectivity index (χ1v) is 4.73. The molecular formula is C6H6Cl4N2. The van der Waals surface area contributed by atoms with E-state index in [-0.39, 0.29) is 0 Å². The van der Waals surface area contributed by atoms with Gasteiger partial charge in [-0.2, -0.15) is 5.10 Å². The van der Waals surface area contributed by atoms with Crippen LogP contribution in [0.2, 0.25) is 5.02 Å². The lowest BCUT2D eigenvalue weighted by atomic mass is 10.5. The summed E-state index contributed by atoms with van der Waals surface area (Å²) in [6, 6.07) is 0. The van der Waals surface area contributed by atoms with E-state index in [4.69, 9.17) is 46.4 Å². The smallest absolute Gasteiger partial charge is 0.192 e. The highest BCUT2D eigenvalue weighted by atomic mass is 35.6. The fourth-order valence-corrected chi connectivity index (χ4v) is 1.11. The largest absolute Gasteiger partial charge is 0.271 e. The van der Waals surface area contributed by atoms with Gasteiger partial charge in [0.05, 0.1) is 11.2 Å². The molecule has 0 amide bonds. The monoisotopic (exact) mass is 246 g/mol. The maximum Gasteiger partial charge on any atom is 0.192 e. The average molecular weight is 248 g/mol. The number of aromatic nitrogens is 2. The maximum absolute atomic E-state index is 5.63. The first kappa shape index (κ1) is 10.5. The van der Waals surface area contributed by atoms with Crippen LogP contribution in [0.5, 0.6) is 0 Å². The molecule has 1 rings (SSSR count). The van der Waals surface area contributed by atoms with Crippen molar-refractivity contribution in [3.63, 3.8) is 0 Å². The van der Waals surface area contributed by atoms with E-state index in [0.29, 0.717) is 18.0 Å². The Bertz CT molecular complexity index is 252. The normalized spacial score (nSPS) is 12.0. The molecule has 0 aliphatic rings. The van der Waals surface area contributed by atoms with Gasteiger partial charge >= 0.3 is 0 Å². The molecule has 0 bridgehead atoms. The van der Waals surface area contributed by atoms with Crippen molar-refractivity contribution in [2.45, 2.75) is 16.8 Å². The highest BCUT2D eigenvalue weighted by molar-refractivity contribution is 6.67. The molecule has 0 atom stereocenters. The van der Waals surface area contributed by atoms with E-state index in [1.165, 1.54) is 0 Å². The van der Waals surface area contributed by atoms with Gasteiger partial charge in [-0.05, 0) is 0 Å². The molecule has 12 heavy (non-hydrogen) atoms. The number of rotatable bonds is 2. The molecule has 0 aliphatic carbocycles. The maximum atomic E-state index is 5.63. The van der Waals surface area contributed by atoms with Crippen molar-refractivity contribution in [3.05, 3.63) is 17.4 Å². The van der Waals surface area contributed by atoms with Crippen LogP contribution in [0.3, 0.4) is 0 Å². The summed E-state index contributed by atoms with van der Waals surface area (Å²) in [4.78, 5) is 0. The fraction of sp³-hybridized carbons (Fsp3) is 0.500. The lowest BCUT2D eigenvalue weighted by Gasteiger charge is -2.09. The second-order valence-electron chi connectivity index (χ2n) is 2.29. The topological polar surface area (TPSA) is 17.8 Å². The summed E-state index contributed by atoms with van der Waals surface area (Å²) < 4.78 is 0.405. The molecule has 1 heterocycles. The van der Waals surface area contributed by atoms with Crippen LogP contribution in [0.1, 0.15) is 6.42 Å². The van der Waals surface area contributed by atoms with E-state index in [1.807, 2.05) is 0 Å². The summed E-state index contributed by atoms with van der Waals surface area (Å²) in [7, 11) is 0. The minimum atomic E-state index is -1.22. The van der Waals surface area contributed by atoms with E-state index in [9.17, 15) is 0 Å². The lowest BCUT2D eigenvalue weighted by molar-refractivity contribution is 0.585. The van der Waals surface area contributed by atoms with E-state index < -0.39 is 3.79 Å². The standard InChI is InChI=1S/C6H6Cl4N2/c7-5-3-11-12(4-5)2-1-6(8,9)10/h3-4H,1-2H2. The van der Waals surface area contributed by atoms with Crippen LogP contribution in [0.4, 0.5) is 0 Å². The van der Waals surface area contributed by atoms with Gasteiger partial charge < -0.3 is 0 Å². The van der Waals surface area contributed by atoms with Crippen LogP contribution in [0.25, 0.3) is 0 Å². The number of hydrogen-bond acceptors (Lipinski definition) is 1. The number of alkyl halides is 3. The highest BCUT2D eigenvalue weighted by Crippen LogP contribution is 2.30. The Balaban J connectivity index is 2.44. The van der Waals surface area contributed by atoms with Gasteiger partial charge in [-0.1, -0.05) is 46.4 Å². The van der Waals surface area contributed by atoms with Crippen molar-refractivity contribution in [1.29, 1.82) is 0 Å². The van der Waals surface area contributed by atoms with Crippen molar-refractivity contribution in [1.82, 2.24) is 9.78 Å². The second kappa shape index (κ2) is 4.05. The predicted molar refractivity (Wildman–Crippen MR) is 52.1 cm³/mol. The van der Waals surface area contributed by atoms with Crippen LogP contribution < -0.4 is 0 Å². The Hall–Kier alpha value is 0.370. The zero-order valence-corrected chi connectivity index (χ0v) is 9.00. The van der Waals surface area contributed by atoms with E-state index >= 15 is 0 Å². The Morgan fingerprint density at radius 3 is 2.50 bits per heavy atom. The molecule has 68 valence electrons. The third-order valence-electron chi connectivity index (χ3n) is 1.23.